The lowest BCUT2D eigenvalue weighted by molar-refractivity contribution is 0.163. The van der Waals surface area contributed by atoms with Gasteiger partial charge in [-0.3, -0.25) is 0 Å². The molecule has 0 saturated carbocycles. The highest BCUT2D eigenvalue weighted by molar-refractivity contribution is 7.80. The van der Waals surface area contributed by atoms with Gasteiger partial charge in [0.25, 0.3) is 0 Å². The van der Waals surface area contributed by atoms with E-state index in [2.05, 4.69) is 51.3 Å². The minimum atomic E-state index is 0.112. The maximum atomic E-state index is 8.84. The van der Waals surface area contributed by atoms with Crippen LogP contribution in [0.1, 0.15) is 34.6 Å². The van der Waals surface area contributed by atoms with Gasteiger partial charge in [-0.2, -0.15) is 17.9 Å². The van der Waals surface area contributed by atoms with E-state index in [-0.39, 0.29) is 11.3 Å². The van der Waals surface area contributed by atoms with E-state index in [0.29, 0.717) is 5.92 Å². The first kappa shape index (κ1) is 15.8. The molecule has 0 N–H and O–H groups in total. The quantitative estimate of drug-likeness (QED) is 0.725. The summed E-state index contributed by atoms with van der Waals surface area (Å²) in [5, 5.41) is 8.84. The van der Waals surface area contributed by atoms with Gasteiger partial charge < -0.3 is 4.90 Å². The van der Waals surface area contributed by atoms with E-state index < -0.39 is 0 Å². The molecule has 0 aliphatic rings. The highest BCUT2D eigenvalue weighted by Gasteiger charge is 2.25. The Balaban J connectivity index is 4.35. The van der Waals surface area contributed by atoms with Gasteiger partial charge in [0.1, 0.15) is 0 Å². The predicted molar refractivity (Wildman–Crippen MR) is 73.7 cm³/mol. The summed E-state index contributed by atoms with van der Waals surface area (Å²) in [6.07, 6.45) is 0. The van der Waals surface area contributed by atoms with Crippen LogP contribution in [0.3, 0.4) is 0 Å². The molecule has 0 rings (SSSR count). The molecule has 0 amide bonds. The van der Waals surface area contributed by atoms with Crippen molar-refractivity contribution < 1.29 is 0 Å². The van der Waals surface area contributed by atoms with Crippen molar-refractivity contribution in [2.24, 2.45) is 17.3 Å². The monoisotopic (exact) mass is 242 g/mol. The molecule has 0 radical (unpaired) electrons. The number of hydrogen-bond donors (Lipinski definition) is 1. The number of thiol groups is 1. The largest absolute Gasteiger partial charge is 0.302 e. The summed E-state index contributed by atoms with van der Waals surface area (Å²) in [6.45, 7) is 13.8. The molecule has 2 nitrogen and oxygen atoms in total. The minimum Gasteiger partial charge on any atom is -0.302 e. The molecule has 0 aromatic carbocycles. The molecule has 0 aromatic rings. The van der Waals surface area contributed by atoms with Crippen molar-refractivity contribution in [3.8, 4) is 6.07 Å². The Labute approximate surface area is 106 Å². The predicted octanol–water partition coefficient (Wildman–Crippen LogP) is 3.06. The van der Waals surface area contributed by atoms with Crippen LogP contribution < -0.4 is 0 Å². The van der Waals surface area contributed by atoms with Crippen LogP contribution in [0.2, 0.25) is 0 Å². The highest BCUT2D eigenvalue weighted by atomic mass is 32.1. The fourth-order valence-electron chi connectivity index (χ4n) is 1.68. The first-order chi connectivity index (χ1) is 7.35. The van der Waals surface area contributed by atoms with Crippen molar-refractivity contribution in [3.05, 3.63) is 0 Å². The van der Waals surface area contributed by atoms with Crippen LogP contribution in [-0.4, -0.2) is 30.3 Å². The molecule has 0 aromatic heterocycles. The van der Waals surface area contributed by atoms with Gasteiger partial charge in [0.05, 0.1) is 12.0 Å². The van der Waals surface area contributed by atoms with Crippen molar-refractivity contribution in [1.29, 1.82) is 5.26 Å². The van der Waals surface area contributed by atoms with Crippen LogP contribution >= 0.6 is 12.6 Å². The van der Waals surface area contributed by atoms with Gasteiger partial charge >= 0.3 is 0 Å². The second kappa shape index (κ2) is 7.19. The van der Waals surface area contributed by atoms with Crippen LogP contribution in [0.25, 0.3) is 0 Å². The Bertz CT molecular complexity index is 227. The molecule has 16 heavy (non-hydrogen) atoms. The summed E-state index contributed by atoms with van der Waals surface area (Å²) in [6, 6.07) is 2.30. The maximum absolute atomic E-state index is 8.84. The molecular formula is C13H26N2S. The van der Waals surface area contributed by atoms with Gasteiger partial charge in [0, 0.05) is 13.1 Å². The van der Waals surface area contributed by atoms with E-state index in [1.54, 1.807) is 0 Å². The number of hydrogen-bond acceptors (Lipinski definition) is 3. The minimum absolute atomic E-state index is 0.112. The van der Waals surface area contributed by atoms with Crippen LogP contribution in [0.4, 0.5) is 0 Å². The molecule has 0 heterocycles. The average Bonchev–Trinajstić information content (AvgIpc) is 2.21. The molecule has 0 aliphatic heterocycles. The average molecular weight is 242 g/mol. The zero-order valence-electron chi connectivity index (χ0n) is 11.3. The zero-order valence-corrected chi connectivity index (χ0v) is 12.2. The third-order valence-electron chi connectivity index (χ3n) is 3.12. The van der Waals surface area contributed by atoms with Gasteiger partial charge in [0.15, 0.2) is 0 Å². The normalized spacial score (nSPS) is 15.9. The molecule has 0 fully saturated rings. The fourth-order valence-corrected chi connectivity index (χ4v) is 2.34. The molecule has 0 bridgehead atoms. The third-order valence-corrected chi connectivity index (χ3v) is 3.56. The first-order valence-corrected chi connectivity index (χ1v) is 6.71. The Morgan fingerprint density at radius 3 is 2.19 bits per heavy atom. The summed E-state index contributed by atoms with van der Waals surface area (Å²) < 4.78 is 0. The third kappa shape index (κ3) is 5.77. The van der Waals surface area contributed by atoms with Gasteiger partial charge in [-0.05, 0) is 30.6 Å². The van der Waals surface area contributed by atoms with Crippen molar-refractivity contribution in [3.63, 3.8) is 0 Å². The summed E-state index contributed by atoms with van der Waals surface area (Å²) in [5.41, 5.74) is 0.283. The number of nitriles is 1. The Morgan fingerprint density at radius 1 is 1.31 bits per heavy atom. The number of rotatable bonds is 6. The van der Waals surface area contributed by atoms with Crippen molar-refractivity contribution in [2.75, 3.05) is 25.4 Å². The van der Waals surface area contributed by atoms with Gasteiger partial charge in [-0.15, -0.1) is 0 Å². The summed E-state index contributed by atoms with van der Waals surface area (Å²) in [4.78, 5) is 2.36. The van der Waals surface area contributed by atoms with E-state index in [9.17, 15) is 0 Å². The zero-order chi connectivity index (χ0) is 12.8. The first-order valence-electron chi connectivity index (χ1n) is 6.08. The van der Waals surface area contributed by atoms with E-state index in [1.165, 1.54) is 0 Å². The molecular weight excluding hydrogens is 216 g/mol. The summed E-state index contributed by atoms with van der Waals surface area (Å²) >= 11 is 4.44. The van der Waals surface area contributed by atoms with Gasteiger partial charge in [0.2, 0.25) is 0 Å². The molecule has 3 heteroatoms. The van der Waals surface area contributed by atoms with Crippen molar-refractivity contribution >= 4 is 12.6 Å². The van der Waals surface area contributed by atoms with Gasteiger partial charge in [-0.1, -0.05) is 27.7 Å². The van der Waals surface area contributed by atoms with Crippen LogP contribution in [0.5, 0.6) is 0 Å². The molecule has 94 valence electrons. The van der Waals surface area contributed by atoms with Crippen LogP contribution in [0, 0.1) is 28.6 Å². The van der Waals surface area contributed by atoms with Crippen molar-refractivity contribution in [2.45, 2.75) is 34.6 Å². The standard InChI is InChI=1S/C13H26N2S/c1-6-15(8-11(2)7-14)9-12(10-16)13(3,4)5/h11-12,16H,6,8-10H2,1-5H3. The Kier molecular flexibility index (Phi) is 7.10. The maximum Gasteiger partial charge on any atom is 0.0666 e. The number of nitrogens with zero attached hydrogens (tertiary/aromatic N) is 2. The SMILES string of the molecule is CCN(CC(C)C#N)CC(CS)C(C)(C)C. The second-order valence-corrected chi connectivity index (χ2v) is 5.99. The Morgan fingerprint density at radius 2 is 1.88 bits per heavy atom. The summed E-state index contributed by atoms with van der Waals surface area (Å²) in [5.74, 6) is 1.59. The highest BCUT2D eigenvalue weighted by Crippen LogP contribution is 2.27. The van der Waals surface area contributed by atoms with E-state index >= 15 is 0 Å². The van der Waals surface area contributed by atoms with E-state index in [1.807, 2.05) is 6.92 Å². The molecule has 2 atom stereocenters. The lowest BCUT2D eigenvalue weighted by Gasteiger charge is -2.34. The molecule has 2 unspecified atom stereocenters. The van der Waals surface area contributed by atoms with Crippen LogP contribution in [0.15, 0.2) is 0 Å². The second-order valence-electron chi connectivity index (χ2n) is 5.63. The van der Waals surface area contributed by atoms with E-state index in [4.69, 9.17) is 5.26 Å². The molecule has 0 aliphatic carbocycles. The summed E-state index contributed by atoms with van der Waals surface area (Å²) in [7, 11) is 0. The van der Waals surface area contributed by atoms with Gasteiger partial charge in [-0.25, -0.2) is 0 Å². The molecule has 0 saturated heterocycles. The lowest BCUT2D eigenvalue weighted by atomic mass is 9.81. The lowest BCUT2D eigenvalue weighted by Crippen LogP contribution is -2.38. The van der Waals surface area contributed by atoms with Crippen molar-refractivity contribution in [1.82, 2.24) is 4.90 Å². The van der Waals surface area contributed by atoms with E-state index in [0.717, 1.165) is 25.4 Å². The smallest absolute Gasteiger partial charge is 0.0666 e. The Hall–Kier alpha value is -0.200. The van der Waals surface area contributed by atoms with Crippen LogP contribution in [-0.2, 0) is 0 Å². The topological polar surface area (TPSA) is 27.0 Å². The fraction of sp³-hybridized carbons (Fsp3) is 0.923. The molecule has 0 spiro atoms.